The number of carbonyl (C=O) groups excluding carboxylic acids is 2. The van der Waals surface area contributed by atoms with Gasteiger partial charge >= 0.3 is 0 Å². The first kappa shape index (κ1) is 18.3. The molecule has 3 rings (SSSR count). The number of piperidine rings is 1. The molecule has 2 amide bonds. The average molecular weight is 360 g/mol. The minimum atomic E-state index is -0.480. The van der Waals surface area contributed by atoms with Gasteiger partial charge in [-0.3, -0.25) is 24.6 Å². The molecule has 2 saturated heterocycles. The van der Waals surface area contributed by atoms with Gasteiger partial charge in [0.1, 0.15) is 0 Å². The van der Waals surface area contributed by atoms with Crippen LogP contribution in [0.5, 0.6) is 0 Å². The highest BCUT2D eigenvalue weighted by Crippen LogP contribution is 2.15. The number of carbonyl (C=O) groups is 2. The van der Waals surface area contributed by atoms with Crippen LogP contribution in [0.4, 0.5) is 5.69 Å². The van der Waals surface area contributed by atoms with E-state index in [1.54, 1.807) is 4.90 Å². The third-order valence-corrected chi connectivity index (χ3v) is 5.05. The zero-order valence-electron chi connectivity index (χ0n) is 14.8. The number of rotatable bonds is 4. The Balaban J connectivity index is 1.49. The minimum Gasteiger partial charge on any atom is -0.342 e. The highest BCUT2D eigenvalue weighted by Gasteiger charge is 2.25. The van der Waals surface area contributed by atoms with E-state index in [4.69, 9.17) is 0 Å². The topological polar surface area (TPSA) is 87.0 Å². The van der Waals surface area contributed by atoms with Crippen LogP contribution in [-0.2, 0) is 4.79 Å². The van der Waals surface area contributed by atoms with E-state index in [-0.39, 0.29) is 17.5 Å². The van der Waals surface area contributed by atoms with Gasteiger partial charge in [0.15, 0.2) is 0 Å². The Morgan fingerprint density at radius 2 is 1.50 bits per heavy atom. The summed E-state index contributed by atoms with van der Waals surface area (Å²) in [6.07, 6.45) is 3.37. The third kappa shape index (κ3) is 4.37. The Morgan fingerprint density at radius 1 is 0.885 bits per heavy atom. The van der Waals surface area contributed by atoms with Gasteiger partial charge in [-0.15, -0.1) is 0 Å². The summed E-state index contributed by atoms with van der Waals surface area (Å²) in [6, 6.07) is 5.68. The zero-order chi connectivity index (χ0) is 18.5. The summed E-state index contributed by atoms with van der Waals surface area (Å²) in [5.41, 5.74) is 0.427. The summed E-state index contributed by atoms with van der Waals surface area (Å²) in [4.78, 5) is 40.8. The van der Waals surface area contributed by atoms with E-state index in [1.807, 2.05) is 4.90 Å². The van der Waals surface area contributed by atoms with Crippen LogP contribution in [0.1, 0.15) is 29.6 Å². The van der Waals surface area contributed by atoms with E-state index in [0.29, 0.717) is 38.3 Å². The van der Waals surface area contributed by atoms with E-state index < -0.39 is 4.92 Å². The molecule has 0 aliphatic carbocycles. The Morgan fingerprint density at radius 3 is 2.08 bits per heavy atom. The molecule has 8 heteroatoms. The van der Waals surface area contributed by atoms with E-state index in [1.165, 1.54) is 30.7 Å². The lowest BCUT2D eigenvalue weighted by Crippen LogP contribution is -2.52. The molecule has 0 aromatic heterocycles. The summed E-state index contributed by atoms with van der Waals surface area (Å²) < 4.78 is 0. The third-order valence-electron chi connectivity index (χ3n) is 5.05. The van der Waals surface area contributed by atoms with Crippen LogP contribution in [0.25, 0.3) is 0 Å². The molecule has 2 aliphatic rings. The van der Waals surface area contributed by atoms with Gasteiger partial charge in [0.25, 0.3) is 11.6 Å². The van der Waals surface area contributed by atoms with Crippen molar-refractivity contribution in [1.29, 1.82) is 0 Å². The van der Waals surface area contributed by atoms with Crippen molar-refractivity contribution in [3.05, 3.63) is 39.9 Å². The van der Waals surface area contributed by atoms with Gasteiger partial charge in [0.05, 0.1) is 11.5 Å². The molecule has 0 unspecified atom stereocenters. The normalized spacial score (nSPS) is 18.6. The van der Waals surface area contributed by atoms with Crippen LogP contribution < -0.4 is 0 Å². The van der Waals surface area contributed by atoms with Gasteiger partial charge in [-0.25, -0.2) is 0 Å². The van der Waals surface area contributed by atoms with Gasteiger partial charge in [0.2, 0.25) is 5.91 Å². The lowest BCUT2D eigenvalue weighted by Gasteiger charge is -2.36. The molecule has 0 bridgehead atoms. The van der Waals surface area contributed by atoms with E-state index in [2.05, 4.69) is 4.90 Å². The molecule has 0 N–H and O–H groups in total. The standard InChI is InChI=1S/C18H24N4O4/c23-17(20-8-2-1-3-9-20)14-19-10-12-21(13-11-19)18(24)15-4-6-16(7-5-15)22(25)26/h4-7H,1-3,8-14H2. The quantitative estimate of drug-likeness (QED) is 0.598. The lowest BCUT2D eigenvalue weighted by atomic mass is 10.1. The van der Waals surface area contributed by atoms with E-state index in [0.717, 1.165) is 25.9 Å². The number of benzene rings is 1. The number of nitrogens with zero attached hydrogens (tertiary/aromatic N) is 4. The fourth-order valence-corrected chi connectivity index (χ4v) is 3.45. The molecular weight excluding hydrogens is 336 g/mol. The molecule has 0 saturated carbocycles. The second-order valence-electron chi connectivity index (χ2n) is 6.81. The molecule has 8 nitrogen and oxygen atoms in total. The highest BCUT2D eigenvalue weighted by molar-refractivity contribution is 5.94. The van der Waals surface area contributed by atoms with Crippen molar-refractivity contribution < 1.29 is 14.5 Å². The molecule has 2 fully saturated rings. The van der Waals surface area contributed by atoms with Crippen LogP contribution in [0.3, 0.4) is 0 Å². The maximum atomic E-state index is 12.5. The summed E-state index contributed by atoms with van der Waals surface area (Å²) in [6.45, 7) is 4.58. The summed E-state index contributed by atoms with van der Waals surface area (Å²) in [5, 5.41) is 10.7. The lowest BCUT2D eigenvalue weighted by molar-refractivity contribution is -0.384. The summed E-state index contributed by atoms with van der Waals surface area (Å²) in [5.74, 6) is 0.0572. The van der Waals surface area contributed by atoms with Gasteiger partial charge < -0.3 is 9.80 Å². The van der Waals surface area contributed by atoms with Crippen molar-refractivity contribution in [3.8, 4) is 0 Å². The largest absolute Gasteiger partial charge is 0.342 e. The summed E-state index contributed by atoms with van der Waals surface area (Å²) in [7, 11) is 0. The molecule has 0 radical (unpaired) electrons. The number of amides is 2. The van der Waals surface area contributed by atoms with Crippen LogP contribution in [0.15, 0.2) is 24.3 Å². The summed E-state index contributed by atoms with van der Waals surface area (Å²) >= 11 is 0. The fraction of sp³-hybridized carbons (Fsp3) is 0.556. The Kier molecular flexibility index (Phi) is 5.82. The SMILES string of the molecule is O=C(CN1CCN(C(=O)c2ccc([N+](=O)[O-])cc2)CC1)N1CCCCC1. The van der Waals surface area contributed by atoms with E-state index >= 15 is 0 Å². The maximum Gasteiger partial charge on any atom is 0.269 e. The number of nitro groups is 1. The van der Waals surface area contributed by atoms with Gasteiger partial charge in [-0.1, -0.05) is 0 Å². The highest BCUT2D eigenvalue weighted by atomic mass is 16.6. The Labute approximate surface area is 152 Å². The zero-order valence-corrected chi connectivity index (χ0v) is 14.8. The molecule has 1 aromatic rings. The van der Waals surface area contributed by atoms with Crippen molar-refractivity contribution >= 4 is 17.5 Å². The van der Waals surface area contributed by atoms with Crippen molar-refractivity contribution in [3.63, 3.8) is 0 Å². The molecular formula is C18H24N4O4. The number of non-ortho nitro benzene ring substituents is 1. The Hall–Kier alpha value is -2.48. The number of piperazine rings is 1. The molecule has 2 heterocycles. The van der Waals surface area contributed by atoms with Crippen molar-refractivity contribution in [2.24, 2.45) is 0 Å². The first-order chi connectivity index (χ1) is 12.5. The van der Waals surface area contributed by atoms with Crippen LogP contribution in [-0.4, -0.2) is 77.3 Å². The molecule has 0 atom stereocenters. The van der Waals surface area contributed by atoms with Crippen LogP contribution >= 0.6 is 0 Å². The van der Waals surface area contributed by atoms with Crippen molar-refractivity contribution in [1.82, 2.24) is 14.7 Å². The number of hydrogen-bond donors (Lipinski definition) is 0. The van der Waals surface area contributed by atoms with Gasteiger partial charge in [-0.05, 0) is 31.4 Å². The van der Waals surface area contributed by atoms with E-state index in [9.17, 15) is 19.7 Å². The Bertz CT molecular complexity index is 662. The molecule has 2 aliphatic heterocycles. The predicted molar refractivity (Wildman–Crippen MR) is 95.9 cm³/mol. The van der Waals surface area contributed by atoms with Gasteiger partial charge in [-0.2, -0.15) is 0 Å². The minimum absolute atomic E-state index is 0.0254. The van der Waals surface area contributed by atoms with Crippen molar-refractivity contribution in [2.75, 3.05) is 45.8 Å². The maximum absolute atomic E-state index is 12.5. The number of likely N-dealkylation sites (tertiary alicyclic amines) is 1. The fourth-order valence-electron chi connectivity index (χ4n) is 3.45. The predicted octanol–water partition coefficient (Wildman–Crippen LogP) is 1.37. The molecule has 140 valence electrons. The molecule has 1 aromatic carbocycles. The van der Waals surface area contributed by atoms with Crippen molar-refractivity contribution in [2.45, 2.75) is 19.3 Å². The van der Waals surface area contributed by atoms with Crippen LogP contribution in [0.2, 0.25) is 0 Å². The second kappa shape index (κ2) is 8.27. The number of nitro benzene ring substituents is 1. The first-order valence-corrected chi connectivity index (χ1v) is 9.08. The van der Waals surface area contributed by atoms with Crippen LogP contribution in [0, 0.1) is 10.1 Å². The van der Waals surface area contributed by atoms with Gasteiger partial charge in [0, 0.05) is 57.0 Å². The monoisotopic (exact) mass is 360 g/mol. The average Bonchev–Trinajstić information content (AvgIpc) is 2.69. The number of hydrogen-bond acceptors (Lipinski definition) is 5. The molecule has 0 spiro atoms. The second-order valence-corrected chi connectivity index (χ2v) is 6.81. The molecule has 26 heavy (non-hydrogen) atoms. The smallest absolute Gasteiger partial charge is 0.269 e. The first-order valence-electron chi connectivity index (χ1n) is 9.08.